The molecule has 0 saturated carbocycles. The molecule has 1 aliphatic carbocycles. The van der Waals surface area contributed by atoms with Gasteiger partial charge in [-0.3, -0.25) is 0 Å². The Kier molecular flexibility index (Phi) is 5.48. The fraction of sp³-hybridized carbons (Fsp3) is 0.0769. The molecule has 0 amide bonds. The van der Waals surface area contributed by atoms with Crippen molar-refractivity contribution in [3.63, 3.8) is 0 Å². The van der Waals surface area contributed by atoms with Gasteiger partial charge in [0.1, 0.15) is 11.2 Å². The molecule has 1 aromatic heterocycles. The minimum absolute atomic E-state index is 0.297. The summed E-state index contributed by atoms with van der Waals surface area (Å²) in [5, 5.41) is 10.8. The topological polar surface area (TPSA) is 51.2 Å². The molecule has 7 aromatic rings. The Labute approximate surface area is 244 Å². The van der Waals surface area contributed by atoms with Crippen LogP contribution in [0, 0.1) is 0 Å². The second kappa shape index (κ2) is 9.39. The van der Waals surface area contributed by atoms with Crippen LogP contribution in [-0.2, 0) is 0 Å². The van der Waals surface area contributed by atoms with E-state index in [2.05, 4.69) is 121 Å². The predicted molar refractivity (Wildman–Crippen MR) is 178 cm³/mol. The van der Waals surface area contributed by atoms with Gasteiger partial charge in [0.15, 0.2) is 0 Å². The van der Waals surface area contributed by atoms with Crippen molar-refractivity contribution < 1.29 is 4.42 Å². The van der Waals surface area contributed by atoms with Crippen LogP contribution in [0.3, 0.4) is 0 Å². The van der Waals surface area contributed by atoms with Crippen LogP contribution in [-0.4, -0.2) is 5.54 Å². The van der Waals surface area contributed by atoms with Crippen molar-refractivity contribution in [2.24, 2.45) is 5.73 Å². The number of para-hydroxylation sites is 2. The van der Waals surface area contributed by atoms with Gasteiger partial charge < -0.3 is 15.5 Å². The van der Waals surface area contributed by atoms with E-state index in [9.17, 15) is 0 Å². The van der Waals surface area contributed by atoms with Crippen molar-refractivity contribution in [2.75, 3.05) is 5.32 Å². The molecule has 3 heteroatoms. The SMILES string of the molecule is CC1(Nc2ccc(-c3c4ccccc4c(-c4cccc5c4oc4ccccc45)c4ccccc34)cc2)CC=CC=C1N. The maximum absolute atomic E-state index is 6.52. The molecule has 202 valence electrons. The average molecular weight is 543 g/mol. The van der Waals surface area contributed by atoms with Crippen LogP contribution in [0.2, 0.25) is 0 Å². The quantitative estimate of drug-likeness (QED) is 0.218. The van der Waals surface area contributed by atoms with Crippen molar-refractivity contribution in [2.45, 2.75) is 18.9 Å². The first-order valence-electron chi connectivity index (χ1n) is 14.5. The molecule has 0 saturated heterocycles. The summed E-state index contributed by atoms with van der Waals surface area (Å²) in [5.41, 5.74) is 14.5. The van der Waals surface area contributed by atoms with Crippen molar-refractivity contribution >= 4 is 49.2 Å². The Hall–Kier alpha value is -5.28. The van der Waals surface area contributed by atoms with Crippen LogP contribution in [0.15, 0.2) is 144 Å². The first kappa shape index (κ1) is 24.5. The van der Waals surface area contributed by atoms with E-state index in [1.165, 1.54) is 38.2 Å². The third-order valence-corrected chi connectivity index (χ3v) is 8.77. The molecule has 0 radical (unpaired) electrons. The highest BCUT2D eigenvalue weighted by atomic mass is 16.3. The Morgan fingerprint density at radius 1 is 0.643 bits per heavy atom. The van der Waals surface area contributed by atoms with Crippen molar-refractivity contribution in [3.8, 4) is 22.3 Å². The van der Waals surface area contributed by atoms with E-state index in [1.54, 1.807) is 0 Å². The zero-order valence-corrected chi connectivity index (χ0v) is 23.4. The van der Waals surface area contributed by atoms with E-state index >= 15 is 0 Å². The maximum Gasteiger partial charge on any atom is 0.143 e. The lowest BCUT2D eigenvalue weighted by Gasteiger charge is -2.33. The number of hydrogen-bond donors (Lipinski definition) is 2. The zero-order valence-electron chi connectivity index (χ0n) is 23.4. The second-order valence-electron chi connectivity index (χ2n) is 11.4. The summed E-state index contributed by atoms with van der Waals surface area (Å²) in [6, 6.07) is 41.1. The molecule has 0 bridgehead atoms. The van der Waals surface area contributed by atoms with Crippen molar-refractivity contribution in [3.05, 3.63) is 139 Å². The Bertz CT molecular complexity index is 2160. The van der Waals surface area contributed by atoms with E-state index in [4.69, 9.17) is 10.2 Å². The lowest BCUT2D eigenvalue weighted by Crippen LogP contribution is -2.40. The van der Waals surface area contributed by atoms with Gasteiger partial charge in [-0.2, -0.15) is 0 Å². The van der Waals surface area contributed by atoms with Crippen LogP contribution in [0.1, 0.15) is 13.3 Å². The normalized spacial score (nSPS) is 16.8. The van der Waals surface area contributed by atoms with Gasteiger partial charge in [0.25, 0.3) is 0 Å². The summed E-state index contributed by atoms with van der Waals surface area (Å²) >= 11 is 0. The van der Waals surface area contributed by atoms with Gasteiger partial charge in [-0.05, 0) is 70.3 Å². The summed E-state index contributed by atoms with van der Waals surface area (Å²) in [5.74, 6) is 0. The van der Waals surface area contributed by atoms with E-state index in [-0.39, 0.29) is 5.54 Å². The summed E-state index contributed by atoms with van der Waals surface area (Å²) in [7, 11) is 0. The molecule has 3 N–H and O–H groups in total. The second-order valence-corrected chi connectivity index (χ2v) is 11.4. The highest BCUT2D eigenvalue weighted by Crippen LogP contribution is 2.46. The average Bonchev–Trinajstić information content (AvgIpc) is 3.41. The molecule has 42 heavy (non-hydrogen) atoms. The van der Waals surface area contributed by atoms with Gasteiger partial charge in [0.05, 0.1) is 5.54 Å². The van der Waals surface area contributed by atoms with Crippen LogP contribution >= 0.6 is 0 Å². The van der Waals surface area contributed by atoms with Crippen LogP contribution in [0.25, 0.3) is 65.7 Å². The molecule has 0 spiro atoms. The van der Waals surface area contributed by atoms with Crippen LogP contribution in [0.5, 0.6) is 0 Å². The summed E-state index contributed by atoms with van der Waals surface area (Å²) in [6.07, 6.45) is 7.02. The minimum Gasteiger partial charge on any atom is -0.455 e. The Balaban J connectivity index is 1.34. The standard InChI is InChI=1S/C39H30N2O/c1-39(24-9-8-19-35(39)40)41-26-22-20-25(21-23-26)36-28-12-2-4-14-30(28)37(31-15-5-3-13-29(31)36)33-17-10-16-32-27-11-6-7-18-34(27)42-38(32)33/h2-23,41H,24,40H2,1H3. The Morgan fingerprint density at radius 3 is 1.90 bits per heavy atom. The number of rotatable bonds is 4. The number of allylic oxidation sites excluding steroid dienone is 2. The van der Waals surface area contributed by atoms with Gasteiger partial charge in [0, 0.05) is 33.3 Å². The van der Waals surface area contributed by atoms with E-state index in [1.807, 2.05) is 24.3 Å². The number of nitrogens with one attached hydrogen (secondary N) is 1. The minimum atomic E-state index is -0.297. The lowest BCUT2D eigenvalue weighted by molar-refractivity contribution is 0.593. The fourth-order valence-corrected chi connectivity index (χ4v) is 6.61. The molecule has 1 aliphatic rings. The molecule has 1 heterocycles. The number of hydrogen-bond acceptors (Lipinski definition) is 3. The maximum atomic E-state index is 6.52. The van der Waals surface area contributed by atoms with Crippen LogP contribution < -0.4 is 11.1 Å². The molecule has 6 aromatic carbocycles. The van der Waals surface area contributed by atoms with Crippen molar-refractivity contribution in [1.82, 2.24) is 0 Å². The molecule has 1 unspecified atom stereocenters. The highest BCUT2D eigenvalue weighted by molar-refractivity contribution is 6.24. The monoisotopic (exact) mass is 542 g/mol. The molecule has 1 atom stereocenters. The molecule has 3 nitrogen and oxygen atoms in total. The van der Waals surface area contributed by atoms with Gasteiger partial charge in [-0.15, -0.1) is 0 Å². The Morgan fingerprint density at radius 2 is 1.24 bits per heavy atom. The first-order chi connectivity index (χ1) is 20.6. The van der Waals surface area contributed by atoms with E-state index < -0.39 is 0 Å². The number of nitrogens with two attached hydrogens (primary N) is 1. The lowest BCUT2D eigenvalue weighted by atomic mass is 9.85. The molecular weight excluding hydrogens is 512 g/mol. The highest BCUT2D eigenvalue weighted by Gasteiger charge is 2.27. The fourth-order valence-electron chi connectivity index (χ4n) is 6.61. The summed E-state index contributed by atoms with van der Waals surface area (Å²) in [6.45, 7) is 2.15. The number of fused-ring (bicyclic) bond motifs is 5. The zero-order chi connectivity index (χ0) is 28.3. The molecule has 8 rings (SSSR count). The number of benzene rings is 6. The smallest absolute Gasteiger partial charge is 0.143 e. The molecule has 0 aliphatic heterocycles. The van der Waals surface area contributed by atoms with E-state index in [0.717, 1.165) is 45.3 Å². The van der Waals surface area contributed by atoms with Gasteiger partial charge >= 0.3 is 0 Å². The first-order valence-corrected chi connectivity index (χ1v) is 14.5. The largest absolute Gasteiger partial charge is 0.455 e. The number of furan rings is 1. The van der Waals surface area contributed by atoms with Gasteiger partial charge in [-0.1, -0.05) is 109 Å². The summed E-state index contributed by atoms with van der Waals surface area (Å²) < 4.78 is 6.52. The van der Waals surface area contributed by atoms with Gasteiger partial charge in [0.2, 0.25) is 0 Å². The third kappa shape index (κ3) is 3.74. The molecular formula is C39H30N2O. The predicted octanol–water partition coefficient (Wildman–Crippen LogP) is 10.2. The summed E-state index contributed by atoms with van der Waals surface area (Å²) in [4.78, 5) is 0. The molecule has 0 fully saturated rings. The third-order valence-electron chi connectivity index (χ3n) is 8.77. The van der Waals surface area contributed by atoms with Crippen molar-refractivity contribution in [1.29, 1.82) is 0 Å². The van der Waals surface area contributed by atoms with Gasteiger partial charge in [-0.25, -0.2) is 0 Å². The number of anilines is 1. The van der Waals surface area contributed by atoms with Crippen LogP contribution in [0.4, 0.5) is 5.69 Å². The van der Waals surface area contributed by atoms with E-state index in [0.29, 0.717) is 0 Å².